The fourth-order valence-corrected chi connectivity index (χ4v) is 4.44. The van der Waals surface area contributed by atoms with Crippen LogP contribution in [0.4, 0.5) is 0 Å². The first-order valence-electron chi connectivity index (χ1n) is 6.76. The summed E-state index contributed by atoms with van der Waals surface area (Å²) in [5.74, 6) is 3.34. The fourth-order valence-electron chi connectivity index (χ4n) is 4.44. The van der Waals surface area contributed by atoms with Crippen LogP contribution in [0, 0.1) is 35.0 Å². The van der Waals surface area contributed by atoms with Gasteiger partial charge in [-0.2, -0.15) is 0 Å². The van der Waals surface area contributed by atoms with Gasteiger partial charge in [0.25, 0.3) is 0 Å². The van der Waals surface area contributed by atoms with Crippen molar-refractivity contribution in [2.75, 3.05) is 0 Å². The molecule has 3 aliphatic carbocycles. The van der Waals surface area contributed by atoms with E-state index in [4.69, 9.17) is 0 Å². The van der Waals surface area contributed by atoms with Crippen molar-refractivity contribution in [2.45, 2.75) is 40.0 Å². The molecule has 0 unspecified atom stereocenters. The lowest BCUT2D eigenvalue weighted by molar-refractivity contribution is -0.148. The van der Waals surface area contributed by atoms with Crippen LogP contribution in [-0.4, -0.2) is 5.78 Å². The van der Waals surface area contributed by atoms with Crippen molar-refractivity contribution in [2.24, 2.45) is 35.0 Å². The third kappa shape index (κ3) is 1.15. The topological polar surface area (TPSA) is 17.1 Å². The number of carbonyl (C=O) groups excluding carboxylic acids is 1. The summed E-state index contributed by atoms with van der Waals surface area (Å²) in [6.45, 7) is 6.78. The van der Waals surface area contributed by atoms with Gasteiger partial charge in [-0.1, -0.05) is 32.9 Å². The summed E-state index contributed by atoms with van der Waals surface area (Å²) in [6, 6.07) is 0. The van der Waals surface area contributed by atoms with Crippen molar-refractivity contribution in [3.05, 3.63) is 12.2 Å². The van der Waals surface area contributed by atoms with Crippen LogP contribution in [0.2, 0.25) is 0 Å². The Labute approximate surface area is 98.3 Å². The molecule has 2 saturated carbocycles. The van der Waals surface area contributed by atoms with Gasteiger partial charge in [-0.3, -0.25) is 4.79 Å². The van der Waals surface area contributed by atoms with E-state index in [1.807, 2.05) is 0 Å². The van der Waals surface area contributed by atoms with E-state index in [9.17, 15) is 4.79 Å². The summed E-state index contributed by atoms with van der Waals surface area (Å²) in [7, 11) is 0. The van der Waals surface area contributed by atoms with Crippen molar-refractivity contribution < 1.29 is 4.79 Å². The molecule has 0 heterocycles. The summed E-state index contributed by atoms with van der Waals surface area (Å²) >= 11 is 0. The van der Waals surface area contributed by atoms with Crippen molar-refractivity contribution in [3.63, 3.8) is 0 Å². The number of rotatable bonds is 1. The molecule has 3 aliphatic rings. The maximum Gasteiger partial charge on any atom is 0.143 e. The molecule has 5 atom stereocenters. The standard InChI is InChI=1S/C15H22O/c1-9(2)12-6-7-15(3)11-5-4-10(8-11)13(12)14(15)16/h4-5,9-13H,6-8H2,1-3H3/t10-,11+,12-,13+,15-/m0/s1. The largest absolute Gasteiger partial charge is 0.299 e. The summed E-state index contributed by atoms with van der Waals surface area (Å²) < 4.78 is 0. The highest BCUT2D eigenvalue weighted by Crippen LogP contribution is 2.58. The Morgan fingerprint density at radius 1 is 1.38 bits per heavy atom. The summed E-state index contributed by atoms with van der Waals surface area (Å²) in [5.41, 5.74) is -0.0143. The number of fused-ring (bicyclic) bond motifs is 6. The molecule has 3 rings (SSSR count). The van der Waals surface area contributed by atoms with Gasteiger partial charge in [0.15, 0.2) is 0 Å². The van der Waals surface area contributed by atoms with Gasteiger partial charge in [0, 0.05) is 11.3 Å². The molecule has 0 aromatic heterocycles. The van der Waals surface area contributed by atoms with Crippen molar-refractivity contribution in [3.8, 4) is 0 Å². The van der Waals surface area contributed by atoms with Crippen LogP contribution in [0.5, 0.6) is 0 Å². The second-order valence-corrected chi connectivity index (χ2v) is 6.64. The predicted molar refractivity (Wildman–Crippen MR) is 64.9 cm³/mol. The minimum Gasteiger partial charge on any atom is -0.299 e. The van der Waals surface area contributed by atoms with Crippen molar-refractivity contribution >= 4 is 5.78 Å². The number of hydrogen-bond acceptors (Lipinski definition) is 1. The zero-order valence-corrected chi connectivity index (χ0v) is 10.6. The molecular formula is C15H22O. The highest BCUT2D eigenvalue weighted by Gasteiger charge is 2.57. The average Bonchev–Trinajstić information content (AvgIpc) is 2.67. The smallest absolute Gasteiger partial charge is 0.143 e. The van der Waals surface area contributed by atoms with E-state index in [0.717, 1.165) is 6.42 Å². The minimum absolute atomic E-state index is 0.0143. The average molecular weight is 218 g/mol. The van der Waals surface area contributed by atoms with E-state index in [-0.39, 0.29) is 5.41 Å². The Hall–Kier alpha value is -0.590. The molecule has 4 bridgehead atoms. The molecule has 0 aromatic carbocycles. The molecule has 88 valence electrons. The zero-order chi connectivity index (χ0) is 11.5. The Kier molecular flexibility index (Phi) is 2.12. The van der Waals surface area contributed by atoms with E-state index < -0.39 is 0 Å². The quantitative estimate of drug-likeness (QED) is 0.616. The number of ketones is 1. The van der Waals surface area contributed by atoms with E-state index >= 15 is 0 Å². The number of hydrogen-bond donors (Lipinski definition) is 0. The summed E-state index contributed by atoms with van der Waals surface area (Å²) in [4.78, 5) is 12.7. The molecule has 0 N–H and O–H groups in total. The second-order valence-electron chi connectivity index (χ2n) is 6.64. The normalized spacial score (nSPS) is 50.1. The molecule has 2 fully saturated rings. The number of allylic oxidation sites excluding steroid dienone is 2. The van der Waals surface area contributed by atoms with Gasteiger partial charge in [-0.25, -0.2) is 0 Å². The van der Waals surface area contributed by atoms with E-state index in [1.54, 1.807) is 0 Å². The molecule has 0 radical (unpaired) electrons. The number of Topliss-reactive ketones (excluding diaryl/α,β-unsaturated/α-hetero) is 1. The van der Waals surface area contributed by atoms with Gasteiger partial charge >= 0.3 is 0 Å². The van der Waals surface area contributed by atoms with Crippen LogP contribution >= 0.6 is 0 Å². The van der Waals surface area contributed by atoms with E-state index in [0.29, 0.717) is 35.4 Å². The molecule has 1 heteroatoms. The van der Waals surface area contributed by atoms with E-state index in [1.165, 1.54) is 12.8 Å². The van der Waals surface area contributed by atoms with Gasteiger partial charge < -0.3 is 0 Å². The third-order valence-corrected chi connectivity index (χ3v) is 5.58. The summed E-state index contributed by atoms with van der Waals surface area (Å²) in [5, 5.41) is 0. The number of carbonyl (C=O) groups is 1. The molecule has 1 nitrogen and oxygen atoms in total. The van der Waals surface area contributed by atoms with Crippen LogP contribution in [0.1, 0.15) is 40.0 Å². The lowest BCUT2D eigenvalue weighted by Crippen LogP contribution is -2.52. The first-order valence-corrected chi connectivity index (χ1v) is 6.76. The second kappa shape index (κ2) is 3.21. The highest BCUT2D eigenvalue weighted by atomic mass is 16.1. The maximum atomic E-state index is 12.7. The van der Waals surface area contributed by atoms with Gasteiger partial charge in [0.2, 0.25) is 0 Å². The lowest BCUT2D eigenvalue weighted by Gasteiger charge is -2.50. The SMILES string of the molecule is CC(C)[C@@H]1CC[C@]2(C)C(=O)[C@@H]1[C@H]1C=C[C@@H]2C1. The van der Waals surface area contributed by atoms with Gasteiger partial charge in [-0.15, -0.1) is 0 Å². The van der Waals surface area contributed by atoms with Crippen molar-refractivity contribution in [1.82, 2.24) is 0 Å². The molecule has 0 spiro atoms. The predicted octanol–water partition coefficient (Wildman–Crippen LogP) is 3.45. The summed E-state index contributed by atoms with van der Waals surface area (Å²) in [6.07, 6.45) is 8.31. The van der Waals surface area contributed by atoms with Gasteiger partial charge in [-0.05, 0) is 42.9 Å². The van der Waals surface area contributed by atoms with Crippen LogP contribution in [0.3, 0.4) is 0 Å². The highest BCUT2D eigenvalue weighted by molar-refractivity contribution is 5.90. The van der Waals surface area contributed by atoms with Crippen LogP contribution in [-0.2, 0) is 4.79 Å². The molecule has 0 aliphatic heterocycles. The van der Waals surface area contributed by atoms with Crippen LogP contribution < -0.4 is 0 Å². The lowest BCUT2D eigenvalue weighted by atomic mass is 9.52. The van der Waals surface area contributed by atoms with Crippen LogP contribution in [0.25, 0.3) is 0 Å². The zero-order valence-electron chi connectivity index (χ0n) is 10.6. The first kappa shape index (κ1) is 10.6. The van der Waals surface area contributed by atoms with Crippen molar-refractivity contribution in [1.29, 1.82) is 0 Å². The minimum atomic E-state index is -0.0143. The Morgan fingerprint density at radius 2 is 2.12 bits per heavy atom. The monoisotopic (exact) mass is 218 g/mol. The fraction of sp³-hybridized carbons (Fsp3) is 0.800. The first-order chi connectivity index (χ1) is 7.54. The molecule has 0 amide bonds. The van der Waals surface area contributed by atoms with Gasteiger partial charge in [0.1, 0.15) is 5.78 Å². The Bertz CT molecular complexity index is 354. The maximum absolute atomic E-state index is 12.7. The third-order valence-electron chi connectivity index (χ3n) is 5.58. The van der Waals surface area contributed by atoms with E-state index in [2.05, 4.69) is 32.9 Å². The van der Waals surface area contributed by atoms with Gasteiger partial charge in [0.05, 0.1) is 0 Å². The van der Waals surface area contributed by atoms with Crippen LogP contribution in [0.15, 0.2) is 12.2 Å². The molecule has 0 aromatic rings. The molecule has 0 saturated heterocycles. The molecular weight excluding hydrogens is 196 g/mol. The Balaban J connectivity index is 2.02. The Morgan fingerprint density at radius 3 is 2.81 bits per heavy atom. The molecule has 16 heavy (non-hydrogen) atoms.